The first-order chi connectivity index (χ1) is 16.9. The molecule has 1 atom stereocenters. The number of benzene rings is 2. The number of methoxy groups -OCH3 is 1. The minimum absolute atomic E-state index is 0.237. The van der Waals surface area contributed by atoms with Gasteiger partial charge in [-0.3, -0.25) is 14.5 Å². The fourth-order valence-corrected chi connectivity index (χ4v) is 4.78. The number of amides is 4. The number of hydrogen-bond donors (Lipinski definition) is 2. The number of carbonyl (C=O) groups is 3. The molecule has 3 aromatic rings. The molecule has 0 radical (unpaired) electrons. The molecule has 35 heavy (non-hydrogen) atoms. The Morgan fingerprint density at radius 2 is 1.86 bits per heavy atom. The molecule has 2 aromatic carbocycles. The summed E-state index contributed by atoms with van der Waals surface area (Å²) in [6.45, 7) is 1.50. The third kappa shape index (κ3) is 4.03. The molecule has 0 spiro atoms. The van der Waals surface area contributed by atoms with Crippen LogP contribution < -0.4 is 15.4 Å². The van der Waals surface area contributed by atoms with E-state index in [1.165, 1.54) is 5.69 Å². The Morgan fingerprint density at radius 3 is 2.57 bits per heavy atom. The lowest BCUT2D eigenvalue weighted by Crippen LogP contribution is -2.43. The largest absolute Gasteiger partial charge is 0.497 e. The molecular formula is C26H27N5O4. The van der Waals surface area contributed by atoms with Gasteiger partial charge in [0.1, 0.15) is 17.8 Å². The molecule has 9 nitrogen and oxygen atoms in total. The topological polar surface area (TPSA) is 106 Å². The second-order valence-corrected chi connectivity index (χ2v) is 8.92. The number of aromatic nitrogens is 2. The number of urea groups is 1. The van der Waals surface area contributed by atoms with Gasteiger partial charge in [0.2, 0.25) is 5.91 Å². The van der Waals surface area contributed by atoms with Gasteiger partial charge < -0.3 is 15.4 Å². The van der Waals surface area contributed by atoms with E-state index in [1.54, 1.807) is 38.3 Å². The van der Waals surface area contributed by atoms with Crippen LogP contribution in [0.5, 0.6) is 5.75 Å². The van der Waals surface area contributed by atoms with Crippen LogP contribution in [0.15, 0.2) is 54.6 Å². The van der Waals surface area contributed by atoms with Gasteiger partial charge in [0.25, 0.3) is 5.91 Å². The van der Waals surface area contributed by atoms with Crippen molar-refractivity contribution < 1.29 is 19.1 Å². The maximum atomic E-state index is 13.1. The van der Waals surface area contributed by atoms with Crippen molar-refractivity contribution in [2.24, 2.45) is 0 Å². The maximum Gasteiger partial charge on any atom is 0.325 e. The van der Waals surface area contributed by atoms with Gasteiger partial charge in [0.15, 0.2) is 0 Å². The molecule has 5 rings (SSSR count). The number of carbonyl (C=O) groups excluding carboxylic acids is 3. The number of ether oxygens (including phenoxy) is 1. The smallest absolute Gasteiger partial charge is 0.325 e. The third-order valence-corrected chi connectivity index (χ3v) is 6.71. The zero-order valence-electron chi connectivity index (χ0n) is 19.7. The normalized spacial score (nSPS) is 19.0. The van der Waals surface area contributed by atoms with Crippen molar-refractivity contribution in [3.63, 3.8) is 0 Å². The first-order valence-electron chi connectivity index (χ1n) is 11.6. The van der Waals surface area contributed by atoms with Crippen LogP contribution in [0, 0.1) is 0 Å². The number of nitrogens with one attached hydrogen (secondary N) is 2. The number of hydrogen-bond acceptors (Lipinski definition) is 5. The summed E-state index contributed by atoms with van der Waals surface area (Å²) in [6.07, 6.45) is 2.91. The first-order valence-corrected chi connectivity index (χ1v) is 11.6. The van der Waals surface area contributed by atoms with Crippen molar-refractivity contribution >= 4 is 17.8 Å². The molecule has 180 valence electrons. The van der Waals surface area contributed by atoms with Crippen molar-refractivity contribution in [1.82, 2.24) is 25.3 Å². The van der Waals surface area contributed by atoms with Gasteiger partial charge >= 0.3 is 6.03 Å². The van der Waals surface area contributed by atoms with Crippen LogP contribution in [0.25, 0.3) is 5.69 Å². The number of nitrogens with zero attached hydrogens (tertiary/aromatic N) is 3. The quantitative estimate of drug-likeness (QED) is 0.513. The molecular weight excluding hydrogens is 446 g/mol. The van der Waals surface area contributed by atoms with Gasteiger partial charge in [-0.2, -0.15) is 5.10 Å². The molecule has 1 saturated heterocycles. The van der Waals surface area contributed by atoms with Gasteiger partial charge in [0, 0.05) is 5.69 Å². The lowest BCUT2D eigenvalue weighted by atomic mass is 9.92. The van der Waals surface area contributed by atoms with Crippen molar-refractivity contribution in [1.29, 1.82) is 0 Å². The first kappa shape index (κ1) is 22.6. The Kier molecular flexibility index (Phi) is 5.76. The minimum Gasteiger partial charge on any atom is -0.497 e. The molecule has 1 unspecified atom stereocenters. The summed E-state index contributed by atoms with van der Waals surface area (Å²) < 4.78 is 7.11. The van der Waals surface area contributed by atoms with E-state index < -0.39 is 23.4 Å². The predicted molar refractivity (Wildman–Crippen MR) is 128 cm³/mol. The highest BCUT2D eigenvalue weighted by atomic mass is 16.5. The lowest BCUT2D eigenvalue weighted by Gasteiger charge is -2.22. The van der Waals surface area contributed by atoms with E-state index in [2.05, 4.69) is 10.6 Å². The van der Waals surface area contributed by atoms with Crippen molar-refractivity contribution in [3.8, 4) is 11.4 Å². The molecule has 1 fully saturated rings. The summed E-state index contributed by atoms with van der Waals surface area (Å²) in [4.78, 5) is 39.4. The molecule has 2 N–H and O–H groups in total. The Morgan fingerprint density at radius 1 is 1.11 bits per heavy atom. The number of fused-ring (bicyclic) bond motifs is 1. The monoisotopic (exact) mass is 473 g/mol. The average molecular weight is 474 g/mol. The van der Waals surface area contributed by atoms with E-state index in [9.17, 15) is 14.4 Å². The minimum atomic E-state index is -1.25. The third-order valence-electron chi connectivity index (χ3n) is 6.71. The van der Waals surface area contributed by atoms with Crippen molar-refractivity contribution in [3.05, 3.63) is 77.1 Å². The highest BCUT2D eigenvalue weighted by Gasteiger charge is 2.49. The van der Waals surface area contributed by atoms with Crippen LogP contribution in [0.1, 0.15) is 35.9 Å². The van der Waals surface area contributed by atoms with E-state index in [4.69, 9.17) is 9.84 Å². The lowest BCUT2D eigenvalue weighted by molar-refractivity contribution is -0.134. The molecule has 4 amide bonds. The van der Waals surface area contributed by atoms with Crippen LogP contribution >= 0.6 is 0 Å². The molecule has 1 aliphatic heterocycles. The summed E-state index contributed by atoms with van der Waals surface area (Å²) >= 11 is 0. The van der Waals surface area contributed by atoms with Crippen LogP contribution in [-0.4, -0.2) is 46.2 Å². The van der Waals surface area contributed by atoms with E-state index in [-0.39, 0.29) is 13.1 Å². The zero-order valence-corrected chi connectivity index (χ0v) is 19.7. The van der Waals surface area contributed by atoms with E-state index in [1.807, 2.05) is 35.0 Å². The van der Waals surface area contributed by atoms with Crippen molar-refractivity contribution in [2.45, 2.75) is 38.3 Å². The summed E-state index contributed by atoms with van der Waals surface area (Å²) in [6, 6.07) is 16.2. The SMILES string of the molecule is COc1ccc(C2(C)NC(=O)N(CC(=O)NCc3nn(-c4ccccc4)c4c3CCC4)C2=O)cc1. The second-order valence-electron chi connectivity index (χ2n) is 8.92. The van der Waals surface area contributed by atoms with Gasteiger partial charge in [-0.1, -0.05) is 30.3 Å². The van der Waals surface area contributed by atoms with E-state index in [0.29, 0.717) is 11.3 Å². The highest BCUT2D eigenvalue weighted by molar-refractivity contribution is 6.09. The average Bonchev–Trinajstić information content (AvgIpc) is 3.54. The Bertz CT molecular complexity index is 1290. The second kappa shape index (κ2) is 8.90. The molecule has 2 aliphatic rings. The van der Waals surface area contributed by atoms with Crippen LogP contribution in [0.2, 0.25) is 0 Å². The Balaban J connectivity index is 1.26. The molecule has 1 aromatic heterocycles. The summed E-state index contributed by atoms with van der Waals surface area (Å²) in [5.74, 6) is -0.253. The predicted octanol–water partition coefficient (Wildman–Crippen LogP) is 2.45. The van der Waals surface area contributed by atoms with Gasteiger partial charge in [0.05, 0.1) is 25.0 Å². The standard InChI is InChI=1S/C26H27N5O4/c1-26(17-11-13-19(35-2)14-12-17)24(33)30(25(34)28-26)16-23(32)27-15-21-20-9-6-10-22(20)31(29-21)18-7-4-3-5-8-18/h3-5,7-8,11-14H,6,9-10,15-16H2,1-2H3,(H,27,32)(H,28,34). The van der Waals surface area contributed by atoms with E-state index in [0.717, 1.165) is 41.1 Å². The molecule has 1 aliphatic carbocycles. The maximum absolute atomic E-state index is 13.1. The summed E-state index contributed by atoms with van der Waals surface area (Å²) in [5, 5.41) is 10.3. The van der Waals surface area contributed by atoms with Gasteiger partial charge in [-0.15, -0.1) is 0 Å². The van der Waals surface area contributed by atoms with Crippen LogP contribution in [0.3, 0.4) is 0 Å². The molecule has 0 saturated carbocycles. The molecule has 9 heteroatoms. The van der Waals surface area contributed by atoms with Crippen molar-refractivity contribution in [2.75, 3.05) is 13.7 Å². The Hall–Kier alpha value is -4.14. The summed E-state index contributed by atoms with van der Waals surface area (Å²) in [5.41, 5.74) is 3.50. The van der Waals surface area contributed by atoms with Gasteiger partial charge in [-0.25, -0.2) is 9.48 Å². The van der Waals surface area contributed by atoms with Crippen LogP contribution in [-0.2, 0) is 34.5 Å². The number of para-hydroxylation sites is 1. The highest BCUT2D eigenvalue weighted by Crippen LogP contribution is 2.30. The molecule has 2 heterocycles. The number of rotatable bonds is 7. The Labute approximate surface area is 203 Å². The van der Waals surface area contributed by atoms with Crippen LogP contribution in [0.4, 0.5) is 4.79 Å². The fourth-order valence-electron chi connectivity index (χ4n) is 4.78. The fraction of sp³-hybridized carbons (Fsp3) is 0.308. The molecule has 0 bridgehead atoms. The number of imide groups is 1. The zero-order chi connectivity index (χ0) is 24.6. The van der Waals surface area contributed by atoms with E-state index >= 15 is 0 Å². The summed E-state index contributed by atoms with van der Waals surface area (Å²) in [7, 11) is 1.56. The van der Waals surface area contributed by atoms with Gasteiger partial charge in [-0.05, 0) is 61.6 Å².